The van der Waals surface area contributed by atoms with Crippen molar-refractivity contribution in [3.63, 3.8) is 0 Å². The van der Waals surface area contributed by atoms with Gasteiger partial charge in [-0.2, -0.15) is 0 Å². The van der Waals surface area contributed by atoms with Crippen molar-refractivity contribution in [1.82, 2.24) is 10.6 Å². The van der Waals surface area contributed by atoms with Crippen LogP contribution in [0.1, 0.15) is 18.5 Å². The molecule has 0 aliphatic heterocycles. The number of likely N-dealkylation sites (N-methyl/N-ethyl adjacent to an activating group) is 2. The van der Waals surface area contributed by atoms with Gasteiger partial charge in [-0.3, -0.25) is 0 Å². The molecule has 0 heterocycles. The second kappa shape index (κ2) is 5.00. The van der Waals surface area contributed by atoms with Crippen LogP contribution < -0.4 is 10.6 Å². The summed E-state index contributed by atoms with van der Waals surface area (Å²) in [6.07, 6.45) is 0. The van der Waals surface area contributed by atoms with Crippen molar-refractivity contribution in [3.05, 3.63) is 35.9 Å². The van der Waals surface area contributed by atoms with Crippen molar-refractivity contribution in [3.8, 4) is 0 Å². The summed E-state index contributed by atoms with van der Waals surface area (Å²) in [4.78, 5) is 0. The standard InChI is InChI=1S/C11H18N2/c1-9(12-2)11(13-3)10-7-5-4-6-8-10/h4-9,11-13H,1-3H3/t9-,11+/m0/s1. The SMILES string of the molecule is CN[C@@H](C)[C@@H](NC)c1ccccc1. The molecule has 2 nitrogen and oxygen atoms in total. The van der Waals surface area contributed by atoms with Gasteiger partial charge in [0.25, 0.3) is 0 Å². The van der Waals surface area contributed by atoms with E-state index in [2.05, 4.69) is 41.8 Å². The zero-order valence-electron chi connectivity index (χ0n) is 8.54. The molecule has 2 heteroatoms. The van der Waals surface area contributed by atoms with Gasteiger partial charge in [-0.05, 0) is 26.6 Å². The summed E-state index contributed by atoms with van der Waals surface area (Å²) in [5, 5.41) is 6.56. The fourth-order valence-electron chi connectivity index (χ4n) is 1.53. The van der Waals surface area contributed by atoms with Crippen LogP contribution in [0.4, 0.5) is 0 Å². The van der Waals surface area contributed by atoms with Gasteiger partial charge >= 0.3 is 0 Å². The number of rotatable bonds is 4. The zero-order valence-corrected chi connectivity index (χ0v) is 8.54. The van der Waals surface area contributed by atoms with Gasteiger partial charge in [0, 0.05) is 12.1 Å². The molecule has 0 aromatic heterocycles. The molecule has 0 aliphatic rings. The van der Waals surface area contributed by atoms with E-state index in [1.54, 1.807) is 0 Å². The molecule has 0 bridgehead atoms. The van der Waals surface area contributed by atoms with Crippen molar-refractivity contribution in [2.75, 3.05) is 14.1 Å². The lowest BCUT2D eigenvalue weighted by Crippen LogP contribution is -2.36. The second-order valence-corrected chi connectivity index (χ2v) is 3.25. The van der Waals surface area contributed by atoms with Crippen molar-refractivity contribution in [2.24, 2.45) is 0 Å². The largest absolute Gasteiger partial charge is 0.315 e. The first-order valence-corrected chi connectivity index (χ1v) is 4.69. The van der Waals surface area contributed by atoms with Gasteiger partial charge in [0.15, 0.2) is 0 Å². The lowest BCUT2D eigenvalue weighted by atomic mass is 10.0. The van der Waals surface area contributed by atoms with Crippen molar-refractivity contribution in [2.45, 2.75) is 19.0 Å². The molecule has 2 N–H and O–H groups in total. The molecule has 0 aliphatic carbocycles. The number of benzene rings is 1. The summed E-state index contributed by atoms with van der Waals surface area (Å²) in [6, 6.07) is 11.3. The molecular weight excluding hydrogens is 160 g/mol. The van der Waals surface area contributed by atoms with E-state index in [1.807, 2.05) is 20.2 Å². The first-order valence-electron chi connectivity index (χ1n) is 4.69. The lowest BCUT2D eigenvalue weighted by Gasteiger charge is -2.23. The molecule has 1 aromatic rings. The minimum absolute atomic E-state index is 0.381. The van der Waals surface area contributed by atoms with Gasteiger partial charge in [-0.1, -0.05) is 30.3 Å². The van der Waals surface area contributed by atoms with E-state index in [9.17, 15) is 0 Å². The van der Waals surface area contributed by atoms with E-state index in [4.69, 9.17) is 0 Å². The minimum Gasteiger partial charge on any atom is -0.315 e. The van der Waals surface area contributed by atoms with Gasteiger partial charge in [0.2, 0.25) is 0 Å². The maximum atomic E-state index is 3.31. The average molecular weight is 178 g/mol. The van der Waals surface area contributed by atoms with Crippen LogP contribution in [-0.2, 0) is 0 Å². The Morgan fingerprint density at radius 1 is 1.00 bits per heavy atom. The molecule has 0 amide bonds. The summed E-state index contributed by atoms with van der Waals surface area (Å²) < 4.78 is 0. The Morgan fingerprint density at radius 2 is 1.62 bits per heavy atom. The van der Waals surface area contributed by atoms with Crippen LogP contribution >= 0.6 is 0 Å². The van der Waals surface area contributed by atoms with Crippen LogP contribution in [0, 0.1) is 0 Å². The highest BCUT2D eigenvalue weighted by molar-refractivity contribution is 5.20. The van der Waals surface area contributed by atoms with Gasteiger partial charge in [0.1, 0.15) is 0 Å². The quantitative estimate of drug-likeness (QED) is 0.731. The third kappa shape index (κ3) is 2.54. The minimum atomic E-state index is 0.381. The van der Waals surface area contributed by atoms with Crippen LogP contribution in [0.2, 0.25) is 0 Å². The van der Waals surface area contributed by atoms with Gasteiger partial charge in [-0.25, -0.2) is 0 Å². The van der Waals surface area contributed by atoms with Crippen LogP contribution in [0.15, 0.2) is 30.3 Å². The predicted octanol–water partition coefficient (Wildman–Crippen LogP) is 1.55. The molecule has 72 valence electrons. The molecule has 0 fully saturated rings. The fourth-order valence-corrected chi connectivity index (χ4v) is 1.53. The third-order valence-electron chi connectivity index (χ3n) is 2.43. The first kappa shape index (κ1) is 10.2. The van der Waals surface area contributed by atoms with E-state index in [0.29, 0.717) is 12.1 Å². The van der Waals surface area contributed by atoms with E-state index < -0.39 is 0 Å². The number of nitrogens with one attached hydrogen (secondary N) is 2. The summed E-state index contributed by atoms with van der Waals surface area (Å²) in [6.45, 7) is 2.17. The molecule has 13 heavy (non-hydrogen) atoms. The maximum Gasteiger partial charge on any atom is 0.0470 e. The Labute approximate surface area is 80.4 Å². The Balaban J connectivity index is 2.78. The molecule has 1 rings (SSSR count). The lowest BCUT2D eigenvalue weighted by molar-refractivity contribution is 0.446. The van der Waals surface area contributed by atoms with Gasteiger partial charge < -0.3 is 10.6 Å². The van der Waals surface area contributed by atoms with E-state index >= 15 is 0 Å². The van der Waals surface area contributed by atoms with Crippen LogP contribution in [-0.4, -0.2) is 20.1 Å². The van der Waals surface area contributed by atoms with Crippen LogP contribution in [0.5, 0.6) is 0 Å². The molecule has 0 saturated heterocycles. The molecule has 2 atom stereocenters. The van der Waals surface area contributed by atoms with Gasteiger partial charge in [-0.15, -0.1) is 0 Å². The normalized spacial score (nSPS) is 15.3. The highest BCUT2D eigenvalue weighted by Crippen LogP contribution is 2.15. The van der Waals surface area contributed by atoms with Crippen LogP contribution in [0.3, 0.4) is 0 Å². The van der Waals surface area contributed by atoms with E-state index in [-0.39, 0.29) is 0 Å². The van der Waals surface area contributed by atoms with E-state index in [0.717, 1.165) is 0 Å². The number of hydrogen-bond acceptors (Lipinski definition) is 2. The summed E-state index contributed by atoms with van der Waals surface area (Å²) in [5.74, 6) is 0. The number of hydrogen-bond donors (Lipinski definition) is 2. The average Bonchev–Trinajstić information content (AvgIpc) is 2.20. The van der Waals surface area contributed by atoms with E-state index in [1.165, 1.54) is 5.56 Å². The fraction of sp³-hybridized carbons (Fsp3) is 0.455. The Kier molecular flexibility index (Phi) is 3.93. The van der Waals surface area contributed by atoms with Gasteiger partial charge in [0.05, 0.1) is 0 Å². The predicted molar refractivity (Wildman–Crippen MR) is 56.8 cm³/mol. The molecule has 0 radical (unpaired) electrons. The third-order valence-corrected chi connectivity index (χ3v) is 2.43. The summed E-state index contributed by atoms with van der Waals surface area (Å²) >= 11 is 0. The molecule has 0 saturated carbocycles. The monoisotopic (exact) mass is 178 g/mol. The maximum absolute atomic E-state index is 3.31. The van der Waals surface area contributed by atoms with Crippen molar-refractivity contribution in [1.29, 1.82) is 0 Å². The molecular formula is C11H18N2. The van der Waals surface area contributed by atoms with Crippen LogP contribution in [0.25, 0.3) is 0 Å². The Bertz CT molecular complexity index is 233. The Hall–Kier alpha value is -0.860. The van der Waals surface area contributed by atoms with Crippen molar-refractivity contribution < 1.29 is 0 Å². The smallest absolute Gasteiger partial charge is 0.0470 e. The summed E-state index contributed by atoms with van der Waals surface area (Å²) in [5.41, 5.74) is 1.33. The molecule has 0 unspecified atom stereocenters. The Morgan fingerprint density at radius 3 is 2.08 bits per heavy atom. The summed E-state index contributed by atoms with van der Waals surface area (Å²) in [7, 11) is 3.98. The highest BCUT2D eigenvalue weighted by Gasteiger charge is 2.14. The highest BCUT2D eigenvalue weighted by atomic mass is 15.0. The molecule has 0 spiro atoms. The molecule has 1 aromatic carbocycles. The zero-order chi connectivity index (χ0) is 9.68. The topological polar surface area (TPSA) is 24.1 Å². The second-order valence-electron chi connectivity index (χ2n) is 3.25. The first-order chi connectivity index (χ1) is 6.29. The van der Waals surface area contributed by atoms with Crippen molar-refractivity contribution >= 4 is 0 Å².